The fourth-order valence-electron chi connectivity index (χ4n) is 1.74. The van der Waals surface area contributed by atoms with E-state index in [2.05, 4.69) is 0 Å². The summed E-state index contributed by atoms with van der Waals surface area (Å²) in [5.74, 6) is 0.254. The first kappa shape index (κ1) is 13.3. The zero-order valence-corrected chi connectivity index (χ0v) is 11.8. The third kappa shape index (κ3) is 2.66. The van der Waals surface area contributed by atoms with Crippen LogP contribution in [0.2, 0.25) is 0 Å². The number of hydrogen-bond acceptors (Lipinski definition) is 4. The fourth-order valence-corrected chi connectivity index (χ4v) is 5.09. The molecule has 0 saturated carbocycles. The number of ether oxygens (including phenoxy) is 1. The van der Waals surface area contributed by atoms with Crippen molar-refractivity contribution in [2.45, 2.75) is 17.2 Å². The molecule has 0 bridgehead atoms. The number of aryl methyl sites for hydroxylation is 1. The summed E-state index contributed by atoms with van der Waals surface area (Å²) in [4.78, 5) is 0.985. The molecular weight excluding hydrogens is 282 g/mol. The number of rotatable bonds is 3. The number of nitrogens with zero attached hydrogens (tertiary/aromatic N) is 1. The maximum atomic E-state index is 12.4. The van der Waals surface area contributed by atoms with Gasteiger partial charge in [-0.05, 0) is 19.1 Å². The highest BCUT2D eigenvalue weighted by atomic mass is 35.5. The molecular formula is C10H14ClNO3S2. The second-order valence-electron chi connectivity index (χ2n) is 3.86. The number of alkyl halides is 1. The van der Waals surface area contributed by atoms with Crippen molar-refractivity contribution < 1.29 is 13.2 Å². The average Bonchev–Trinajstić information content (AvgIpc) is 2.76. The minimum absolute atomic E-state index is 0.254. The smallest absolute Gasteiger partial charge is 0.253 e. The van der Waals surface area contributed by atoms with Crippen molar-refractivity contribution in [1.29, 1.82) is 0 Å². The molecule has 0 spiro atoms. The van der Waals surface area contributed by atoms with E-state index >= 15 is 0 Å². The van der Waals surface area contributed by atoms with Crippen LogP contribution in [0.25, 0.3) is 0 Å². The van der Waals surface area contributed by atoms with Gasteiger partial charge < -0.3 is 4.74 Å². The normalized spacial score (nSPS) is 22.8. The molecule has 0 aromatic carbocycles. The summed E-state index contributed by atoms with van der Waals surface area (Å²) >= 11 is 7.08. The summed E-state index contributed by atoms with van der Waals surface area (Å²) in [5, 5.41) is 0. The van der Waals surface area contributed by atoms with E-state index in [0.29, 0.717) is 24.0 Å². The Morgan fingerprint density at radius 2 is 2.35 bits per heavy atom. The monoisotopic (exact) mass is 295 g/mol. The first-order valence-electron chi connectivity index (χ1n) is 5.27. The van der Waals surface area contributed by atoms with E-state index in [9.17, 15) is 8.42 Å². The van der Waals surface area contributed by atoms with Crippen LogP contribution in [0.4, 0.5) is 0 Å². The van der Waals surface area contributed by atoms with Gasteiger partial charge in [0.05, 0.1) is 19.3 Å². The van der Waals surface area contributed by atoms with Crippen LogP contribution in [0.5, 0.6) is 0 Å². The molecule has 0 radical (unpaired) electrons. The Bertz CT molecular complexity index is 485. The lowest BCUT2D eigenvalue weighted by Crippen LogP contribution is -2.49. The second-order valence-corrected chi connectivity index (χ2v) is 7.58. The molecule has 1 fully saturated rings. The van der Waals surface area contributed by atoms with Gasteiger partial charge in [-0.15, -0.1) is 22.9 Å². The molecule has 1 aromatic heterocycles. The van der Waals surface area contributed by atoms with E-state index in [4.69, 9.17) is 16.3 Å². The van der Waals surface area contributed by atoms with Crippen LogP contribution in [0.3, 0.4) is 0 Å². The molecule has 4 nitrogen and oxygen atoms in total. The van der Waals surface area contributed by atoms with E-state index in [1.165, 1.54) is 15.6 Å². The molecule has 96 valence electrons. The lowest BCUT2D eigenvalue weighted by atomic mass is 10.3. The molecule has 1 aromatic rings. The van der Waals surface area contributed by atoms with Crippen LogP contribution in [0, 0.1) is 6.92 Å². The summed E-state index contributed by atoms with van der Waals surface area (Å²) < 4.78 is 31.9. The minimum Gasteiger partial charge on any atom is -0.378 e. The zero-order valence-electron chi connectivity index (χ0n) is 9.43. The number of sulfonamides is 1. The van der Waals surface area contributed by atoms with Gasteiger partial charge in [-0.3, -0.25) is 0 Å². The molecule has 0 N–H and O–H groups in total. The molecule has 1 saturated heterocycles. The van der Waals surface area contributed by atoms with Crippen LogP contribution >= 0.6 is 22.9 Å². The van der Waals surface area contributed by atoms with Gasteiger partial charge in [0.2, 0.25) is 0 Å². The van der Waals surface area contributed by atoms with Gasteiger partial charge in [-0.1, -0.05) is 0 Å². The molecule has 0 aliphatic carbocycles. The van der Waals surface area contributed by atoms with E-state index < -0.39 is 10.0 Å². The van der Waals surface area contributed by atoms with Crippen LogP contribution in [0.15, 0.2) is 16.3 Å². The van der Waals surface area contributed by atoms with Gasteiger partial charge in [0.1, 0.15) is 4.21 Å². The van der Waals surface area contributed by atoms with Crippen LogP contribution in [-0.2, 0) is 14.8 Å². The summed E-state index contributed by atoms with van der Waals surface area (Å²) in [5.41, 5.74) is 0. The van der Waals surface area contributed by atoms with Crippen LogP contribution in [-0.4, -0.2) is 44.4 Å². The zero-order chi connectivity index (χ0) is 12.5. The fraction of sp³-hybridized carbons (Fsp3) is 0.600. The quantitative estimate of drug-likeness (QED) is 0.797. The molecule has 0 amide bonds. The Morgan fingerprint density at radius 1 is 1.59 bits per heavy atom. The Balaban J connectivity index is 2.30. The molecule has 1 unspecified atom stereocenters. The largest absolute Gasteiger partial charge is 0.378 e. The average molecular weight is 296 g/mol. The number of thiophene rings is 1. The van der Waals surface area contributed by atoms with Gasteiger partial charge >= 0.3 is 0 Å². The molecule has 1 aliphatic heterocycles. The van der Waals surface area contributed by atoms with Gasteiger partial charge in [0, 0.05) is 17.3 Å². The van der Waals surface area contributed by atoms with E-state index in [1.807, 2.05) is 13.0 Å². The van der Waals surface area contributed by atoms with Crippen molar-refractivity contribution in [3.63, 3.8) is 0 Å². The third-order valence-corrected chi connectivity index (χ3v) is 6.41. The van der Waals surface area contributed by atoms with E-state index in [0.717, 1.165) is 4.88 Å². The van der Waals surface area contributed by atoms with Crippen molar-refractivity contribution in [3.8, 4) is 0 Å². The van der Waals surface area contributed by atoms with Crippen molar-refractivity contribution >= 4 is 33.0 Å². The first-order chi connectivity index (χ1) is 8.05. The maximum absolute atomic E-state index is 12.4. The summed E-state index contributed by atoms with van der Waals surface area (Å²) in [6.45, 7) is 3.06. The summed E-state index contributed by atoms with van der Waals surface area (Å²) in [7, 11) is -3.42. The molecule has 1 aliphatic rings. The molecule has 7 heteroatoms. The lowest BCUT2D eigenvalue weighted by molar-refractivity contribution is 0.0405. The molecule has 2 rings (SSSR count). The number of halogens is 1. The number of hydrogen-bond donors (Lipinski definition) is 0. The standard InChI is InChI=1S/C10H14ClNO3S2/c1-8-2-3-10(16-8)17(13,14)12-4-5-15-7-9(12)6-11/h2-3,9H,4-7H2,1H3. The van der Waals surface area contributed by atoms with Crippen molar-refractivity contribution in [1.82, 2.24) is 4.31 Å². The Hall–Kier alpha value is -0.140. The van der Waals surface area contributed by atoms with Gasteiger partial charge in [0.25, 0.3) is 10.0 Å². The highest BCUT2D eigenvalue weighted by Gasteiger charge is 2.34. The first-order valence-corrected chi connectivity index (χ1v) is 8.07. The van der Waals surface area contributed by atoms with Crippen molar-refractivity contribution in [2.24, 2.45) is 0 Å². The van der Waals surface area contributed by atoms with Gasteiger partial charge in [-0.25, -0.2) is 8.42 Å². The Morgan fingerprint density at radius 3 is 2.94 bits per heavy atom. The number of morpholine rings is 1. The molecule has 1 atom stereocenters. The Kier molecular flexibility index (Phi) is 4.10. The Labute approximate surface area is 110 Å². The second kappa shape index (κ2) is 5.24. The van der Waals surface area contributed by atoms with Crippen LogP contribution < -0.4 is 0 Å². The van der Waals surface area contributed by atoms with E-state index in [-0.39, 0.29) is 11.9 Å². The van der Waals surface area contributed by atoms with Crippen molar-refractivity contribution in [3.05, 3.63) is 17.0 Å². The molecule has 17 heavy (non-hydrogen) atoms. The van der Waals surface area contributed by atoms with Gasteiger partial charge in [-0.2, -0.15) is 4.31 Å². The van der Waals surface area contributed by atoms with Gasteiger partial charge in [0.15, 0.2) is 0 Å². The third-order valence-electron chi connectivity index (χ3n) is 2.63. The highest BCUT2D eigenvalue weighted by molar-refractivity contribution is 7.91. The predicted molar refractivity (Wildman–Crippen MR) is 68.3 cm³/mol. The predicted octanol–water partition coefficient (Wildman–Crippen LogP) is 1.68. The summed E-state index contributed by atoms with van der Waals surface area (Å²) in [6.07, 6.45) is 0. The lowest BCUT2D eigenvalue weighted by Gasteiger charge is -2.32. The maximum Gasteiger partial charge on any atom is 0.253 e. The van der Waals surface area contributed by atoms with Crippen molar-refractivity contribution in [2.75, 3.05) is 25.6 Å². The topological polar surface area (TPSA) is 46.6 Å². The van der Waals surface area contributed by atoms with E-state index in [1.54, 1.807) is 6.07 Å². The van der Waals surface area contributed by atoms with Crippen LogP contribution in [0.1, 0.15) is 4.88 Å². The SMILES string of the molecule is Cc1ccc(S(=O)(=O)N2CCOCC2CCl)s1. The highest BCUT2D eigenvalue weighted by Crippen LogP contribution is 2.27. The minimum atomic E-state index is -3.42. The summed E-state index contributed by atoms with van der Waals surface area (Å²) in [6, 6.07) is 3.20. The molecule has 2 heterocycles.